The summed E-state index contributed by atoms with van der Waals surface area (Å²) < 4.78 is 10.0. The number of carbonyl (C=O) groups excluding carboxylic acids is 4. The van der Waals surface area contributed by atoms with Gasteiger partial charge in [-0.25, -0.2) is 4.79 Å². The van der Waals surface area contributed by atoms with Gasteiger partial charge in [0.25, 0.3) is 11.8 Å². The molecule has 9 heteroatoms. The minimum atomic E-state index is -0.815. The van der Waals surface area contributed by atoms with Gasteiger partial charge in [-0.3, -0.25) is 19.3 Å². The lowest BCUT2D eigenvalue weighted by atomic mass is 10.0. The molecule has 2 amide bonds. The zero-order chi connectivity index (χ0) is 21.6. The highest BCUT2D eigenvalue weighted by atomic mass is 32.2. The third-order valence-corrected chi connectivity index (χ3v) is 5.09. The van der Waals surface area contributed by atoms with Gasteiger partial charge in [-0.1, -0.05) is 30.3 Å². The van der Waals surface area contributed by atoms with Gasteiger partial charge < -0.3 is 14.8 Å². The van der Waals surface area contributed by atoms with Crippen LogP contribution in [0.5, 0.6) is 0 Å². The highest BCUT2D eigenvalue weighted by Gasteiger charge is 2.51. The zero-order valence-corrected chi connectivity index (χ0v) is 17.6. The molecule has 0 spiro atoms. The number of carbonyl (C=O) groups is 4. The molecular weight excluding hydrogens is 396 g/mol. The minimum absolute atomic E-state index is 0.0883. The largest absolute Gasteiger partial charge is 0.456 e. The number of hydrogen-bond donors (Lipinski definition) is 1. The summed E-state index contributed by atoms with van der Waals surface area (Å²) in [5.74, 6) is -2.20. The summed E-state index contributed by atoms with van der Waals surface area (Å²) >= 11 is 1.32. The number of allylic oxidation sites excluding steroid dienone is 1. The zero-order valence-electron chi connectivity index (χ0n) is 16.8. The number of amides is 2. The second-order valence-corrected chi connectivity index (χ2v) is 7.52. The van der Waals surface area contributed by atoms with Crippen LogP contribution in [0, 0.1) is 0 Å². The van der Waals surface area contributed by atoms with Crippen LogP contribution in [0.1, 0.15) is 26.3 Å². The summed E-state index contributed by atoms with van der Waals surface area (Å²) in [7, 11) is 0. The van der Waals surface area contributed by atoms with E-state index in [2.05, 4.69) is 10.1 Å². The van der Waals surface area contributed by atoms with Crippen molar-refractivity contribution in [2.24, 2.45) is 0 Å². The van der Waals surface area contributed by atoms with E-state index in [0.717, 1.165) is 5.56 Å². The van der Waals surface area contributed by atoms with E-state index in [1.807, 2.05) is 30.3 Å². The molecule has 29 heavy (non-hydrogen) atoms. The molecule has 1 aromatic carbocycles. The van der Waals surface area contributed by atoms with Gasteiger partial charge in [-0.05, 0) is 31.2 Å². The van der Waals surface area contributed by atoms with Crippen molar-refractivity contribution in [3.63, 3.8) is 0 Å². The number of esters is 2. The SMILES string of the molecule is CSC1C(NC(=O)COC(C)=O)C(=O)N1C(C(=O)OCc1ccccc1)=C(C)C. The number of thioether (sulfide) groups is 1. The summed E-state index contributed by atoms with van der Waals surface area (Å²) in [4.78, 5) is 49.4. The predicted octanol–water partition coefficient (Wildman–Crippen LogP) is 1.60. The van der Waals surface area contributed by atoms with Crippen molar-refractivity contribution in [1.82, 2.24) is 10.2 Å². The smallest absolute Gasteiger partial charge is 0.355 e. The maximum atomic E-state index is 12.7. The van der Waals surface area contributed by atoms with Gasteiger partial charge in [0, 0.05) is 6.92 Å². The summed E-state index contributed by atoms with van der Waals surface area (Å²) in [6.45, 7) is 4.25. The Morgan fingerprint density at radius 3 is 2.31 bits per heavy atom. The number of rotatable bonds is 8. The summed E-state index contributed by atoms with van der Waals surface area (Å²) in [6.07, 6.45) is 1.77. The lowest BCUT2D eigenvalue weighted by molar-refractivity contribution is -0.154. The Morgan fingerprint density at radius 2 is 1.76 bits per heavy atom. The Labute approximate surface area is 173 Å². The van der Waals surface area contributed by atoms with Gasteiger partial charge >= 0.3 is 11.9 Å². The molecule has 1 saturated heterocycles. The van der Waals surface area contributed by atoms with Crippen LogP contribution in [0.15, 0.2) is 41.6 Å². The first-order valence-corrected chi connectivity index (χ1v) is 10.2. The quantitative estimate of drug-likeness (QED) is 0.387. The summed E-state index contributed by atoms with van der Waals surface area (Å²) in [6, 6.07) is 8.41. The number of nitrogens with zero attached hydrogens (tertiary/aromatic N) is 1. The normalized spacial score (nSPS) is 17.8. The second kappa shape index (κ2) is 10.1. The second-order valence-electron chi connectivity index (χ2n) is 6.57. The van der Waals surface area contributed by atoms with Gasteiger partial charge in [-0.15, -0.1) is 11.8 Å². The van der Waals surface area contributed by atoms with Crippen LogP contribution in [0.3, 0.4) is 0 Å². The number of nitrogens with one attached hydrogen (secondary N) is 1. The van der Waals surface area contributed by atoms with Gasteiger partial charge in [0.2, 0.25) is 0 Å². The topological polar surface area (TPSA) is 102 Å². The molecule has 156 valence electrons. The Hall–Kier alpha value is -2.81. The van der Waals surface area contributed by atoms with Crippen molar-refractivity contribution in [2.45, 2.75) is 38.8 Å². The molecule has 1 fully saturated rings. The van der Waals surface area contributed by atoms with Crippen LogP contribution in [0.2, 0.25) is 0 Å². The summed E-state index contributed by atoms with van der Waals surface area (Å²) in [5.41, 5.74) is 1.62. The van der Waals surface area contributed by atoms with Crippen molar-refractivity contribution in [3.8, 4) is 0 Å². The van der Waals surface area contributed by atoms with E-state index in [1.54, 1.807) is 20.1 Å². The van der Waals surface area contributed by atoms with Gasteiger partial charge in [0.05, 0.1) is 0 Å². The molecule has 0 saturated carbocycles. The van der Waals surface area contributed by atoms with E-state index < -0.39 is 41.8 Å². The van der Waals surface area contributed by atoms with E-state index in [1.165, 1.54) is 23.6 Å². The van der Waals surface area contributed by atoms with Crippen molar-refractivity contribution in [2.75, 3.05) is 12.9 Å². The molecule has 2 rings (SSSR count). The van der Waals surface area contributed by atoms with Crippen molar-refractivity contribution in [3.05, 3.63) is 47.2 Å². The molecule has 1 aliphatic rings. The molecule has 0 aliphatic carbocycles. The Balaban J connectivity index is 2.06. The van der Waals surface area contributed by atoms with Crippen LogP contribution in [0.4, 0.5) is 0 Å². The van der Waals surface area contributed by atoms with E-state index >= 15 is 0 Å². The highest BCUT2D eigenvalue weighted by molar-refractivity contribution is 7.99. The highest BCUT2D eigenvalue weighted by Crippen LogP contribution is 2.34. The molecule has 1 N–H and O–H groups in total. The Bertz CT molecular complexity index is 820. The molecule has 1 heterocycles. The van der Waals surface area contributed by atoms with Gasteiger partial charge in [0.1, 0.15) is 23.7 Å². The monoisotopic (exact) mass is 420 g/mol. The van der Waals surface area contributed by atoms with E-state index in [-0.39, 0.29) is 12.3 Å². The fourth-order valence-electron chi connectivity index (χ4n) is 2.79. The summed E-state index contributed by atoms with van der Waals surface area (Å²) in [5, 5.41) is 2.07. The maximum absolute atomic E-state index is 12.7. The van der Waals surface area contributed by atoms with Gasteiger partial charge in [-0.2, -0.15) is 0 Å². The predicted molar refractivity (Wildman–Crippen MR) is 107 cm³/mol. The third kappa shape index (κ3) is 5.60. The Morgan fingerprint density at radius 1 is 1.10 bits per heavy atom. The number of β-lactam (4-membered cyclic amide) rings is 1. The number of ether oxygens (including phenoxy) is 2. The molecular formula is C20H24N2O6S. The average molecular weight is 420 g/mol. The number of likely N-dealkylation sites (tertiary alicyclic amines) is 1. The van der Waals surface area contributed by atoms with Crippen LogP contribution in [0.25, 0.3) is 0 Å². The third-order valence-electron chi connectivity index (χ3n) is 4.13. The first-order valence-electron chi connectivity index (χ1n) is 8.93. The fraction of sp³-hybridized carbons (Fsp3) is 0.400. The first kappa shape index (κ1) is 22.5. The van der Waals surface area contributed by atoms with Crippen molar-refractivity contribution < 1.29 is 28.7 Å². The fourth-order valence-corrected chi connectivity index (χ4v) is 3.67. The molecule has 1 aromatic rings. The standard InChI is InChI=1S/C20H24N2O6S/c1-12(2)17(20(26)28-10-14-8-6-5-7-9-14)22-18(25)16(19(22)29-4)21-15(24)11-27-13(3)23/h5-9,16,19H,10-11H2,1-4H3,(H,21,24). The van der Waals surface area contributed by atoms with Crippen LogP contribution in [-0.4, -0.2) is 52.9 Å². The van der Waals surface area contributed by atoms with Crippen molar-refractivity contribution >= 4 is 35.5 Å². The molecule has 8 nitrogen and oxygen atoms in total. The van der Waals surface area contributed by atoms with Crippen LogP contribution in [-0.2, 0) is 35.3 Å². The molecule has 1 aliphatic heterocycles. The minimum Gasteiger partial charge on any atom is -0.456 e. The van der Waals surface area contributed by atoms with Crippen LogP contribution < -0.4 is 5.32 Å². The van der Waals surface area contributed by atoms with E-state index in [9.17, 15) is 19.2 Å². The lowest BCUT2D eigenvalue weighted by Crippen LogP contribution is -2.69. The first-order chi connectivity index (χ1) is 13.8. The Kier molecular flexibility index (Phi) is 7.83. The number of hydrogen-bond acceptors (Lipinski definition) is 7. The maximum Gasteiger partial charge on any atom is 0.355 e. The van der Waals surface area contributed by atoms with Crippen molar-refractivity contribution in [1.29, 1.82) is 0 Å². The average Bonchev–Trinajstić information content (AvgIpc) is 2.69. The molecule has 0 bridgehead atoms. The van der Waals surface area contributed by atoms with E-state index in [0.29, 0.717) is 5.57 Å². The van der Waals surface area contributed by atoms with Gasteiger partial charge in [0.15, 0.2) is 6.61 Å². The molecule has 2 unspecified atom stereocenters. The van der Waals surface area contributed by atoms with E-state index in [4.69, 9.17) is 4.74 Å². The van der Waals surface area contributed by atoms with Crippen LogP contribution >= 0.6 is 11.8 Å². The number of benzene rings is 1. The lowest BCUT2D eigenvalue weighted by Gasteiger charge is -2.46. The molecule has 0 radical (unpaired) electrons. The molecule has 0 aromatic heterocycles. The molecule has 2 atom stereocenters.